The van der Waals surface area contributed by atoms with E-state index in [0.717, 1.165) is 13.3 Å². The summed E-state index contributed by atoms with van der Waals surface area (Å²) in [5, 5.41) is 20.8. The molecular formula is C14H21F3N2O4. The van der Waals surface area contributed by atoms with Crippen molar-refractivity contribution in [2.24, 2.45) is 5.92 Å². The maximum absolute atomic E-state index is 13.3. The largest absolute Gasteiger partial charge is 0.408 e. The Morgan fingerprint density at radius 1 is 1.26 bits per heavy atom. The third-order valence-electron chi connectivity index (χ3n) is 4.55. The topological polar surface area (TPSA) is 89.9 Å². The van der Waals surface area contributed by atoms with Crippen LogP contribution in [-0.2, 0) is 4.79 Å². The molecule has 0 unspecified atom stereocenters. The van der Waals surface area contributed by atoms with Crippen molar-refractivity contribution in [3.05, 3.63) is 0 Å². The Morgan fingerprint density at radius 3 is 2.26 bits per heavy atom. The molecule has 3 N–H and O–H groups in total. The van der Waals surface area contributed by atoms with Gasteiger partial charge in [-0.3, -0.25) is 9.69 Å². The molecule has 1 saturated heterocycles. The van der Waals surface area contributed by atoms with Gasteiger partial charge in [-0.1, -0.05) is 19.3 Å². The Kier molecular flexibility index (Phi) is 4.91. The van der Waals surface area contributed by atoms with Gasteiger partial charge in [0.25, 0.3) is 0 Å². The van der Waals surface area contributed by atoms with E-state index in [2.05, 4.69) is 0 Å². The Bertz CT molecular complexity index is 470. The zero-order valence-corrected chi connectivity index (χ0v) is 12.8. The third-order valence-corrected chi connectivity index (χ3v) is 4.55. The summed E-state index contributed by atoms with van der Waals surface area (Å²) in [6.07, 6.45) is -1.98. The summed E-state index contributed by atoms with van der Waals surface area (Å²) in [5.74, 6) is -3.80. The predicted molar refractivity (Wildman–Crippen MR) is 73.0 cm³/mol. The van der Waals surface area contributed by atoms with E-state index in [1.165, 1.54) is 0 Å². The lowest BCUT2D eigenvalue weighted by Gasteiger charge is -2.44. The number of likely N-dealkylation sites (tertiary alicyclic amines) is 1. The fraction of sp³-hybridized carbons (Fsp3) is 0.857. The summed E-state index contributed by atoms with van der Waals surface area (Å²) in [4.78, 5) is 24.0. The minimum absolute atomic E-state index is 0.295. The molecule has 9 heteroatoms. The van der Waals surface area contributed by atoms with Crippen LogP contribution in [0.2, 0.25) is 0 Å². The van der Waals surface area contributed by atoms with Crippen LogP contribution >= 0.6 is 0 Å². The summed E-state index contributed by atoms with van der Waals surface area (Å²) in [5.41, 5.74) is 0. The molecule has 1 heterocycles. The van der Waals surface area contributed by atoms with Crippen molar-refractivity contribution < 1.29 is 33.0 Å². The van der Waals surface area contributed by atoms with E-state index in [0.29, 0.717) is 30.6 Å². The van der Waals surface area contributed by atoms with E-state index in [1.807, 2.05) is 5.32 Å². The molecule has 3 amide bonds. The molecule has 0 aromatic heterocycles. The van der Waals surface area contributed by atoms with Crippen LogP contribution in [0.5, 0.6) is 0 Å². The number of carbonyl (C=O) groups is 2. The van der Waals surface area contributed by atoms with Crippen molar-refractivity contribution in [2.75, 3.05) is 0 Å². The molecule has 2 aliphatic rings. The van der Waals surface area contributed by atoms with Crippen molar-refractivity contribution in [3.8, 4) is 0 Å². The summed E-state index contributed by atoms with van der Waals surface area (Å²) in [7, 11) is 0. The van der Waals surface area contributed by atoms with E-state index in [-0.39, 0.29) is 6.42 Å². The van der Waals surface area contributed by atoms with E-state index >= 15 is 0 Å². The fourth-order valence-electron chi connectivity index (χ4n) is 3.25. The highest BCUT2D eigenvalue weighted by atomic mass is 19.4. The third kappa shape index (κ3) is 3.95. The lowest BCUT2D eigenvalue weighted by atomic mass is 9.83. The minimum Gasteiger partial charge on any atom is -0.364 e. The summed E-state index contributed by atoms with van der Waals surface area (Å²) < 4.78 is 39.8. The molecule has 0 bridgehead atoms. The van der Waals surface area contributed by atoms with Gasteiger partial charge in [-0.15, -0.1) is 0 Å². The number of halogens is 3. The SMILES string of the molecule is CC(O)(O)[C@@H]1CC(=O)N1C(=O)N[C@@H](C1CCCCC1)C(F)(F)F. The molecule has 1 aliphatic heterocycles. The highest BCUT2D eigenvalue weighted by Crippen LogP contribution is 2.35. The van der Waals surface area contributed by atoms with Crippen LogP contribution in [0.15, 0.2) is 0 Å². The predicted octanol–water partition coefficient (Wildman–Crippen LogP) is 1.51. The standard InChI is InChI=1S/C14H21F3N2O4/c1-13(22,23)9-7-10(20)19(9)12(21)18-11(14(15,16)17)8-5-3-2-4-6-8/h8-9,11,22-23H,2-7H2,1H3,(H,18,21)/t9-,11-/m0/s1. The first kappa shape index (κ1) is 18.0. The van der Waals surface area contributed by atoms with Crippen molar-refractivity contribution in [1.29, 1.82) is 0 Å². The molecule has 0 aromatic carbocycles. The molecule has 1 aliphatic carbocycles. The van der Waals surface area contributed by atoms with E-state index < -0.39 is 41.9 Å². The summed E-state index contributed by atoms with van der Waals surface area (Å²) in [6, 6.07) is -4.50. The van der Waals surface area contributed by atoms with E-state index in [9.17, 15) is 33.0 Å². The second kappa shape index (κ2) is 6.27. The zero-order chi connectivity index (χ0) is 17.4. The van der Waals surface area contributed by atoms with E-state index in [4.69, 9.17) is 0 Å². The molecule has 0 aromatic rings. The van der Waals surface area contributed by atoms with Gasteiger partial charge in [0.15, 0.2) is 5.79 Å². The molecule has 132 valence electrons. The van der Waals surface area contributed by atoms with Gasteiger partial charge in [0, 0.05) is 0 Å². The Hall–Kier alpha value is -1.35. The number of carbonyl (C=O) groups excluding carboxylic acids is 2. The van der Waals surface area contributed by atoms with Crippen LogP contribution in [0.25, 0.3) is 0 Å². The van der Waals surface area contributed by atoms with Gasteiger partial charge in [-0.25, -0.2) is 4.79 Å². The number of alkyl halides is 3. The van der Waals surface area contributed by atoms with Gasteiger partial charge in [-0.05, 0) is 25.7 Å². The lowest BCUT2D eigenvalue weighted by Crippen LogP contribution is -2.68. The number of hydrogen-bond acceptors (Lipinski definition) is 4. The van der Waals surface area contributed by atoms with Crippen molar-refractivity contribution >= 4 is 11.9 Å². The monoisotopic (exact) mass is 338 g/mol. The van der Waals surface area contributed by atoms with Crippen LogP contribution in [0, 0.1) is 5.92 Å². The Balaban J connectivity index is 2.09. The van der Waals surface area contributed by atoms with Crippen molar-refractivity contribution in [3.63, 3.8) is 0 Å². The quantitative estimate of drug-likeness (QED) is 0.537. The van der Waals surface area contributed by atoms with Crippen molar-refractivity contribution in [2.45, 2.75) is 69.5 Å². The normalized spacial score (nSPS) is 25.0. The number of nitrogens with zero attached hydrogens (tertiary/aromatic N) is 1. The molecule has 2 atom stereocenters. The summed E-state index contributed by atoms with van der Waals surface area (Å²) in [6.45, 7) is 0.979. The maximum atomic E-state index is 13.3. The molecule has 23 heavy (non-hydrogen) atoms. The van der Waals surface area contributed by atoms with Crippen LogP contribution in [0.4, 0.5) is 18.0 Å². The number of urea groups is 1. The number of rotatable bonds is 3. The molecule has 2 fully saturated rings. The average molecular weight is 338 g/mol. The maximum Gasteiger partial charge on any atom is 0.408 e. The van der Waals surface area contributed by atoms with E-state index in [1.54, 1.807) is 0 Å². The van der Waals surface area contributed by atoms with Gasteiger partial charge in [0.2, 0.25) is 5.91 Å². The first-order chi connectivity index (χ1) is 10.5. The molecule has 6 nitrogen and oxygen atoms in total. The fourth-order valence-corrected chi connectivity index (χ4v) is 3.25. The first-order valence-corrected chi connectivity index (χ1v) is 7.66. The number of imide groups is 1. The van der Waals surface area contributed by atoms with Gasteiger partial charge in [0.05, 0.1) is 6.42 Å². The number of β-lactam (4-membered cyclic amide) rings is 1. The molecule has 1 saturated carbocycles. The number of aliphatic hydroxyl groups is 2. The number of nitrogens with one attached hydrogen (secondary N) is 1. The second-order valence-electron chi connectivity index (χ2n) is 6.44. The first-order valence-electron chi connectivity index (χ1n) is 7.66. The zero-order valence-electron chi connectivity index (χ0n) is 12.8. The van der Waals surface area contributed by atoms with Gasteiger partial charge in [-0.2, -0.15) is 13.2 Å². The van der Waals surface area contributed by atoms with Gasteiger partial charge >= 0.3 is 12.2 Å². The van der Waals surface area contributed by atoms with Crippen LogP contribution in [-0.4, -0.2) is 51.1 Å². The second-order valence-corrected chi connectivity index (χ2v) is 6.44. The smallest absolute Gasteiger partial charge is 0.364 e. The Morgan fingerprint density at radius 2 is 1.83 bits per heavy atom. The Labute approximate surface area is 131 Å². The molecular weight excluding hydrogens is 317 g/mol. The van der Waals surface area contributed by atoms with Crippen LogP contribution in [0.3, 0.4) is 0 Å². The van der Waals surface area contributed by atoms with Crippen LogP contribution in [0.1, 0.15) is 45.4 Å². The lowest BCUT2D eigenvalue weighted by molar-refractivity contribution is -0.211. The number of hydrogen-bond donors (Lipinski definition) is 3. The molecule has 0 spiro atoms. The molecule has 0 radical (unpaired) electrons. The van der Waals surface area contributed by atoms with Gasteiger partial charge in [0.1, 0.15) is 12.1 Å². The number of amides is 3. The van der Waals surface area contributed by atoms with Crippen molar-refractivity contribution in [1.82, 2.24) is 10.2 Å². The average Bonchev–Trinajstić information content (AvgIpc) is 2.40. The van der Waals surface area contributed by atoms with Crippen LogP contribution < -0.4 is 5.32 Å². The molecule has 2 rings (SSSR count). The minimum atomic E-state index is -4.62. The highest BCUT2D eigenvalue weighted by Gasteiger charge is 2.52. The summed E-state index contributed by atoms with van der Waals surface area (Å²) >= 11 is 0. The highest BCUT2D eigenvalue weighted by molar-refractivity contribution is 6.00. The van der Waals surface area contributed by atoms with Gasteiger partial charge < -0.3 is 15.5 Å².